The normalized spacial score (nSPS) is 55.5. The highest BCUT2D eigenvalue weighted by atomic mass is 16.3. The van der Waals surface area contributed by atoms with Crippen molar-refractivity contribution in [2.75, 3.05) is 19.6 Å². The van der Waals surface area contributed by atoms with Crippen LogP contribution in [-0.2, 0) is 4.79 Å². The van der Waals surface area contributed by atoms with Gasteiger partial charge in [-0.15, -0.1) is 0 Å². The molecule has 5 aliphatic carbocycles. The van der Waals surface area contributed by atoms with Crippen LogP contribution >= 0.6 is 0 Å². The van der Waals surface area contributed by atoms with Gasteiger partial charge in [-0.05, 0) is 98.7 Å². The van der Waals surface area contributed by atoms with Crippen molar-refractivity contribution < 1.29 is 15.0 Å². The van der Waals surface area contributed by atoms with E-state index in [1.54, 1.807) is 0 Å². The molecule has 0 aromatic carbocycles. The molecule has 6 fully saturated rings. The van der Waals surface area contributed by atoms with Crippen molar-refractivity contribution in [1.82, 2.24) is 4.90 Å². The highest BCUT2D eigenvalue weighted by Crippen LogP contribution is 2.68. The molecule has 0 amide bonds. The number of rotatable bonds is 3. The van der Waals surface area contributed by atoms with Gasteiger partial charge in [0.2, 0.25) is 0 Å². The molecule has 28 heavy (non-hydrogen) atoms. The number of carbonyl (C=O) groups is 1. The van der Waals surface area contributed by atoms with Crippen LogP contribution in [0.4, 0.5) is 0 Å². The van der Waals surface area contributed by atoms with E-state index in [0.29, 0.717) is 31.3 Å². The predicted molar refractivity (Wildman–Crippen MR) is 106 cm³/mol. The SMILES string of the molecule is C[C@]12CC[C@@H]3[C@H]4CC[C@]5(O)CC5[C@@H]4CC[C@H]3[C@@H]1CC[C@@H]2C(=O)CN1CC(O)C1. The number of β-amino-alcohol motifs (C(OH)–C–C–N with tert-alkyl or cyclic N) is 1. The molecule has 6 rings (SSSR count). The van der Waals surface area contributed by atoms with Crippen molar-refractivity contribution in [2.24, 2.45) is 46.8 Å². The highest BCUT2D eigenvalue weighted by Gasteiger charge is 2.65. The highest BCUT2D eigenvalue weighted by molar-refractivity contribution is 5.84. The van der Waals surface area contributed by atoms with E-state index < -0.39 is 0 Å². The number of aliphatic hydroxyl groups is 2. The molecule has 1 aliphatic heterocycles. The molecule has 4 nitrogen and oxygen atoms in total. The Morgan fingerprint density at radius 1 is 0.929 bits per heavy atom. The molecule has 1 unspecified atom stereocenters. The molecule has 0 radical (unpaired) electrons. The predicted octanol–water partition coefficient (Wildman–Crippen LogP) is 2.86. The summed E-state index contributed by atoms with van der Waals surface area (Å²) in [6, 6.07) is 0. The minimum absolute atomic E-state index is 0.212. The lowest BCUT2D eigenvalue weighted by Gasteiger charge is -2.56. The summed E-state index contributed by atoms with van der Waals surface area (Å²) in [4.78, 5) is 15.3. The van der Waals surface area contributed by atoms with Crippen molar-refractivity contribution in [1.29, 1.82) is 0 Å². The minimum Gasteiger partial charge on any atom is -0.390 e. The molecule has 1 saturated heterocycles. The Labute approximate surface area is 169 Å². The van der Waals surface area contributed by atoms with Crippen LogP contribution in [0.1, 0.15) is 64.7 Å². The summed E-state index contributed by atoms with van der Waals surface area (Å²) in [6.07, 6.45) is 10.7. The Balaban J connectivity index is 1.17. The third-order valence-electron chi connectivity index (χ3n) is 10.7. The fourth-order valence-electron chi connectivity index (χ4n) is 9.21. The van der Waals surface area contributed by atoms with Crippen molar-refractivity contribution in [3.8, 4) is 0 Å². The van der Waals surface area contributed by atoms with Gasteiger partial charge in [0.25, 0.3) is 0 Å². The lowest BCUT2D eigenvalue weighted by molar-refractivity contribution is -0.134. The summed E-state index contributed by atoms with van der Waals surface area (Å²) in [6.45, 7) is 4.36. The summed E-state index contributed by atoms with van der Waals surface area (Å²) in [5.41, 5.74) is -0.0595. The van der Waals surface area contributed by atoms with Gasteiger partial charge >= 0.3 is 0 Å². The van der Waals surface area contributed by atoms with Crippen LogP contribution < -0.4 is 0 Å². The molecule has 9 atom stereocenters. The smallest absolute Gasteiger partial charge is 0.150 e. The average molecular weight is 388 g/mol. The van der Waals surface area contributed by atoms with E-state index >= 15 is 0 Å². The Kier molecular flexibility index (Phi) is 3.96. The zero-order chi connectivity index (χ0) is 19.3. The zero-order valence-electron chi connectivity index (χ0n) is 17.4. The molecule has 156 valence electrons. The molecular weight excluding hydrogens is 350 g/mol. The largest absolute Gasteiger partial charge is 0.390 e. The fourth-order valence-corrected chi connectivity index (χ4v) is 9.21. The quantitative estimate of drug-likeness (QED) is 0.782. The summed E-state index contributed by atoms with van der Waals surface area (Å²) >= 11 is 0. The molecule has 6 aliphatic rings. The van der Waals surface area contributed by atoms with E-state index in [1.165, 1.54) is 38.5 Å². The van der Waals surface area contributed by atoms with Gasteiger partial charge in [-0.1, -0.05) is 6.92 Å². The van der Waals surface area contributed by atoms with Gasteiger partial charge in [-0.2, -0.15) is 0 Å². The summed E-state index contributed by atoms with van der Waals surface area (Å²) in [7, 11) is 0. The van der Waals surface area contributed by atoms with Crippen molar-refractivity contribution in [3.05, 3.63) is 0 Å². The van der Waals surface area contributed by atoms with Gasteiger partial charge in [0.1, 0.15) is 5.78 Å². The number of hydrogen-bond donors (Lipinski definition) is 2. The topological polar surface area (TPSA) is 60.8 Å². The maximum atomic E-state index is 13.1. The third kappa shape index (κ3) is 2.50. The lowest BCUT2D eigenvalue weighted by Crippen LogP contribution is -2.54. The van der Waals surface area contributed by atoms with Crippen LogP contribution in [0.2, 0.25) is 0 Å². The third-order valence-corrected chi connectivity index (χ3v) is 10.7. The van der Waals surface area contributed by atoms with Crippen LogP contribution in [-0.4, -0.2) is 52.2 Å². The summed E-state index contributed by atoms with van der Waals surface area (Å²) in [5, 5.41) is 20.2. The average Bonchev–Trinajstić information content (AvgIpc) is 3.21. The first-order chi connectivity index (χ1) is 13.4. The first kappa shape index (κ1) is 18.3. The number of Topliss-reactive ketones (excluding diaryl/α,β-unsaturated/α-hetero) is 1. The van der Waals surface area contributed by atoms with Crippen molar-refractivity contribution in [3.63, 3.8) is 0 Å². The van der Waals surface area contributed by atoms with Crippen molar-refractivity contribution in [2.45, 2.75) is 76.4 Å². The Morgan fingerprint density at radius 3 is 2.32 bits per heavy atom. The second-order valence-corrected chi connectivity index (χ2v) is 11.8. The number of hydrogen-bond acceptors (Lipinski definition) is 4. The number of likely N-dealkylation sites (tertiary alicyclic amines) is 1. The van der Waals surface area contributed by atoms with Gasteiger partial charge in [-0.3, -0.25) is 9.69 Å². The van der Waals surface area contributed by atoms with Gasteiger partial charge in [0, 0.05) is 19.0 Å². The summed E-state index contributed by atoms with van der Waals surface area (Å²) in [5.74, 6) is 5.39. The summed E-state index contributed by atoms with van der Waals surface area (Å²) < 4.78 is 0. The molecule has 0 aromatic rings. The Bertz CT molecular complexity index is 675. The Morgan fingerprint density at radius 2 is 1.61 bits per heavy atom. The molecule has 4 heteroatoms. The molecule has 0 bridgehead atoms. The van der Waals surface area contributed by atoms with E-state index in [4.69, 9.17) is 0 Å². The van der Waals surface area contributed by atoms with Crippen LogP contribution in [0, 0.1) is 46.8 Å². The van der Waals surface area contributed by atoms with Gasteiger partial charge in [-0.25, -0.2) is 0 Å². The number of fused-ring (bicyclic) bond motifs is 7. The van der Waals surface area contributed by atoms with E-state index in [0.717, 1.165) is 48.9 Å². The van der Waals surface area contributed by atoms with E-state index in [2.05, 4.69) is 11.8 Å². The zero-order valence-corrected chi connectivity index (χ0v) is 17.4. The number of ketones is 1. The monoisotopic (exact) mass is 387 g/mol. The number of nitrogens with zero attached hydrogens (tertiary/aromatic N) is 1. The second-order valence-electron chi connectivity index (χ2n) is 11.8. The van der Waals surface area contributed by atoms with E-state index in [9.17, 15) is 15.0 Å². The van der Waals surface area contributed by atoms with Gasteiger partial charge < -0.3 is 10.2 Å². The van der Waals surface area contributed by atoms with Crippen LogP contribution in [0.15, 0.2) is 0 Å². The van der Waals surface area contributed by atoms with Crippen LogP contribution in [0.3, 0.4) is 0 Å². The molecule has 5 saturated carbocycles. The maximum Gasteiger partial charge on any atom is 0.150 e. The number of carbonyl (C=O) groups excluding carboxylic acids is 1. The minimum atomic E-state index is -0.271. The maximum absolute atomic E-state index is 13.1. The first-order valence-electron chi connectivity index (χ1n) is 12.0. The Hall–Kier alpha value is -0.450. The second kappa shape index (κ2) is 6.04. The standard InChI is InChI=1S/C24H37NO3/c1-23-8-6-15-16-7-9-24(28)10-21(24)18(16)3-2-17(15)19(23)4-5-20(23)22(27)13-25-11-14(26)12-25/h14-21,26,28H,2-13H2,1H3/t15-,16-,17-,18-,19+,20-,21?,23+,24+/m1/s1. The lowest BCUT2D eigenvalue weighted by atomic mass is 9.49. The van der Waals surface area contributed by atoms with Gasteiger partial charge in [0.05, 0.1) is 18.2 Å². The fraction of sp³-hybridized carbons (Fsp3) is 0.958. The molecule has 1 heterocycles. The van der Waals surface area contributed by atoms with Gasteiger partial charge in [0.15, 0.2) is 0 Å². The molecule has 0 spiro atoms. The van der Waals surface area contributed by atoms with Crippen molar-refractivity contribution >= 4 is 5.78 Å². The van der Waals surface area contributed by atoms with Crippen LogP contribution in [0.5, 0.6) is 0 Å². The van der Waals surface area contributed by atoms with Crippen LogP contribution in [0.25, 0.3) is 0 Å². The molecule has 2 N–H and O–H groups in total. The van der Waals surface area contributed by atoms with E-state index in [1.807, 2.05) is 0 Å². The van der Waals surface area contributed by atoms with E-state index in [-0.39, 0.29) is 23.0 Å². The molecule has 0 aromatic heterocycles. The molecular formula is C24H37NO3. The number of aliphatic hydroxyl groups excluding tert-OH is 1. The first-order valence-corrected chi connectivity index (χ1v) is 12.0.